The summed E-state index contributed by atoms with van der Waals surface area (Å²) in [5.74, 6) is 0. The quantitative estimate of drug-likeness (QED) is 0.169. The molecule has 3 nitrogen and oxygen atoms in total. The summed E-state index contributed by atoms with van der Waals surface area (Å²) in [4.78, 5) is 2.40. The van der Waals surface area contributed by atoms with Crippen molar-refractivity contribution in [2.75, 3.05) is 4.90 Å². The van der Waals surface area contributed by atoms with Gasteiger partial charge in [-0.2, -0.15) is 0 Å². The summed E-state index contributed by atoms with van der Waals surface area (Å²) in [5, 5.41) is 7.05. The highest BCUT2D eigenvalue weighted by atomic mass is 32.1. The molecule has 9 aromatic carbocycles. The first-order chi connectivity index (χ1) is 28.7. The van der Waals surface area contributed by atoms with E-state index in [4.69, 9.17) is 8.83 Å². The Morgan fingerprint density at radius 3 is 1.76 bits per heavy atom. The number of fused-ring (bicyclic) bond motifs is 9. The predicted molar refractivity (Wildman–Crippen MR) is 245 cm³/mol. The van der Waals surface area contributed by atoms with Gasteiger partial charge in [-0.05, 0) is 101 Å². The molecule has 4 heteroatoms. The van der Waals surface area contributed by atoms with Crippen LogP contribution in [0.4, 0.5) is 17.1 Å². The van der Waals surface area contributed by atoms with Gasteiger partial charge in [0.2, 0.25) is 0 Å². The topological polar surface area (TPSA) is 29.5 Å². The van der Waals surface area contributed by atoms with E-state index in [0.717, 1.165) is 94.3 Å². The number of anilines is 3. The summed E-state index contributed by atoms with van der Waals surface area (Å²) < 4.78 is 15.3. The monoisotopic (exact) mass is 759 g/mol. The maximum absolute atomic E-state index is 6.49. The fraction of sp³-hybridized carbons (Fsp3) is 0. The minimum absolute atomic E-state index is 0.891. The SMILES string of the molecule is c1ccc(-c2cccc3c2oc2ccc(-c4ccc(N(c5ccc(-c6ccc7c(c6)oc6ccccc67)cc5)c5cccc6sc7ccccc7c56)cc4)cc23)cc1. The number of furan rings is 2. The van der Waals surface area contributed by atoms with Crippen molar-refractivity contribution in [3.05, 3.63) is 200 Å². The molecule has 0 aliphatic rings. The van der Waals surface area contributed by atoms with Gasteiger partial charge in [0.1, 0.15) is 22.3 Å². The molecular weight excluding hydrogens is 727 g/mol. The number of para-hydroxylation sites is 2. The maximum atomic E-state index is 6.49. The van der Waals surface area contributed by atoms with E-state index in [1.807, 2.05) is 29.5 Å². The van der Waals surface area contributed by atoms with Crippen LogP contribution in [0.5, 0.6) is 0 Å². The Balaban J connectivity index is 0.954. The van der Waals surface area contributed by atoms with Crippen molar-refractivity contribution in [1.82, 2.24) is 0 Å². The zero-order chi connectivity index (χ0) is 38.2. The number of hydrogen-bond acceptors (Lipinski definition) is 4. The molecule has 0 spiro atoms. The molecular formula is C54H33NO2S. The molecule has 0 N–H and O–H groups in total. The van der Waals surface area contributed by atoms with Crippen LogP contribution in [0.25, 0.3) is 97.4 Å². The largest absolute Gasteiger partial charge is 0.456 e. The van der Waals surface area contributed by atoms with Crippen molar-refractivity contribution in [3.63, 3.8) is 0 Å². The number of nitrogens with zero attached hydrogens (tertiary/aromatic N) is 1. The number of hydrogen-bond donors (Lipinski definition) is 0. The van der Waals surface area contributed by atoms with Crippen LogP contribution >= 0.6 is 11.3 Å². The molecule has 3 aromatic heterocycles. The number of benzene rings is 9. The van der Waals surface area contributed by atoms with E-state index in [0.29, 0.717) is 0 Å². The molecule has 0 radical (unpaired) electrons. The Bertz CT molecular complexity index is 3500. The van der Waals surface area contributed by atoms with E-state index in [1.54, 1.807) is 0 Å². The molecule has 0 saturated carbocycles. The summed E-state index contributed by atoms with van der Waals surface area (Å²) >= 11 is 1.84. The van der Waals surface area contributed by atoms with E-state index >= 15 is 0 Å². The van der Waals surface area contributed by atoms with Crippen LogP contribution in [0.2, 0.25) is 0 Å². The average molecular weight is 760 g/mol. The second-order valence-electron chi connectivity index (χ2n) is 14.8. The molecule has 58 heavy (non-hydrogen) atoms. The van der Waals surface area contributed by atoms with Crippen LogP contribution < -0.4 is 4.90 Å². The molecule has 272 valence electrons. The Kier molecular flexibility index (Phi) is 7.40. The molecule has 0 amide bonds. The first-order valence-corrected chi connectivity index (χ1v) is 20.4. The second kappa shape index (κ2) is 13.1. The molecule has 3 heterocycles. The second-order valence-corrected chi connectivity index (χ2v) is 15.9. The molecule has 12 aromatic rings. The van der Waals surface area contributed by atoms with Crippen LogP contribution in [-0.4, -0.2) is 0 Å². The van der Waals surface area contributed by atoms with E-state index in [9.17, 15) is 0 Å². The van der Waals surface area contributed by atoms with Crippen LogP contribution in [0, 0.1) is 0 Å². The maximum Gasteiger partial charge on any atom is 0.143 e. The van der Waals surface area contributed by atoms with E-state index in [-0.39, 0.29) is 0 Å². The van der Waals surface area contributed by atoms with Gasteiger partial charge in [0.25, 0.3) is 0 Å². The minimum Gasteiger partial charge on any atom is -0.456 e. The Morgan fingerprint density at radius 2 is 0.948 bits per heavy atom. The van der Waals surface area contributed by atoms with Crippen molar-refractivity contribution in [2.45, 2.75) is 0 Å². The first-order valence-electron chi connectivity index (χ1n) is 19.6. The standard InChI is InChI=1S/C54H33NO2S/c1-2-10-36(11-3-1)41-14-8-15-44-46-32-37(25-31-49(46)57-54(41)44)34-20-26-39(27-21-34)55(47-16-9-19-52-53(47)45-13-5-7-18-51(45)58-52)40-28-22-35(23-29-40)38-24-30-43-42-12-4-6-17-48(42)56-50(43)33-38/h1-33H. The molecule has 0 atom stereocenters. The van der Waals surface area contributed by atoms with E-state index in [2.05, 4.69) is 187 Å². The summed E-state index contributed by atoms with van der Waals surface area (Å²) in [7, 11) is 0. The lowest BCUT2D eigenvalue weighted by molar-refractivity contribution is 0.669. The van der Waals surface area contributed by atoms with Gasteiger partial charge in [-0.25, -0.2) is 0 Å². The lowest BCUT2D eigenvalue weighted by Crippen LogP contribution is -2.10. The molecule has 0 saturated heterocycles. The lowest BCUT2D eigenvalue weighted by Gasteiger charge is -2.27. The average Bonchev–Trinajstić information content (AvgIpc) is 3.98. The number of thiophene rings is 1. The van der Waals surface area contributed by atoms with E-state index in [1.165, 1.54) is 20.2 Å². The van der Waals surface area contributed by atoms with Gasteiger partial charge in [-0.3, -0.25) is 0 Å². The third-order valence-corrected chi connectivity index (χ3v) is 12.6. The van der Waals surface area contributed by atoms with Gasteiger partial charge >= 0.3 is 0 Å². The van der Waals surface area contributed by atoms with Crippen LogP contribution in [-0.2, 0) is 0 Å². The summed E-state index contributed by atoms with van der Waals surface area (Å²) in [6, 6.07) is 71.5. The van der Waals surface area contributed by atoms with Crippen molar-refractivity contribution >= 4 is 92.4 Å². The van der Waals surface area contributed by atoms with Crippen molar-refractivity contribution < 1.29 is 8.83 Å². The molecule has 0 fully saturated rings. The van der Waals surface area contributed by atoms with Crippen molar-refractivity contribution in [1.29, 1.82) is 0 Å². The third-order valence-electron chi connectivity index (χ3n) is 11.5. The summed E-state index contributed by atoms with van der Waals surface area (Å²) in [5.41, 5.74) is 13.8. The normalized spacial score (nSPS) is 11.8. The third kappa shape index (κ3) is 5.27. The first kappa shape index (κ1) is 32.8. The smallest absolute Gasteiger partial charge is 0.143 e. The molecule has 0 aliphatic carbocycles. The minimum atomic E-state index is 0.891. The zero-order valence-corrected chi connectivity index (χ0v) is 32.0. The van der Waals surface area contributed by atoms with Gasteiger partial charge < -0.3 is 13.7 Å². The van der Waals surface area contributed by atoms with Crippen LogP contribution in [0.1, 0.15) is 0 Å². The number of rotatable bonds is 6. The summed E-state index contributed by atoms with van der Waals surface area (Å²) in [6.07, 6.45) is 0. The highest BCUT2D eigenvalue weighted by Crippen LogP contribution is 2.46. The van der Waals surface area contributed by atoms with Crippen molar-refractivity contribution in [2.24, 2.45) is 0 Å². The fourth-order valence-electron chi connectivity index (χ4n) is 8.70. The van der Waals surface area contributed by atoms with Gasteiger partial charge in [0, 0.05) is 58.7 Å². The van der Waals surface area contributed by atoms with Gasteiger partial charge in [-0.15, -0.1) is 11.3 Å². The molecule has 0 aliphatic heterocycles. The van der Waals surface area contributed by atoms with E-state index < -0.39 is 0 Å². The summed E-state index contributed by atoms with van der Waals surface area (Å²) in [6.45, 7) is 0. The molecule has 0 bridgehead atoms. The zero-order valence-electron chi connectivity index (χ0n) is 31.2. The highest BCUT2D eigenvalue weighted by molar-refractivity contribution is 7.26. The molecule has 0 unspecified atom stereocenters. The van der Waals surface area contributed by atoms with Crippen LogP contribution in [0.15, 0.2) is 209 Å². The Hall–Kier alpha value is -7.40. The van der Waals surface area contributed by atoms with Crippen LogP contribution in [0.3, 0.4) is 0 Å². The fourth-order valence-corrected chi connectivity index (χ4v) is 9.83. The van der Waals surface area contributed by atoms with Gasteiger partial charge in [0.15, 0.2) is 0 Å². The highest BCUT2D eigenvalue weighted by Gasteiger charge is 2.20. The van der Waals surface area contributed by atoms with Crippen molar-refractivity contribution in [3.8, 4) is 33.4 Å². The molecule has 12 rings (SSSR count). The lowest BCUT2D eigenvalue weighted by atomic mass is 9.99. The Morgan fingerprint density at radius 1 is 0.345 bits per heavy atom. The Labute approximate surface area is 338 Å². The van der Waals surface area contributed by atoms with Gasteiger partial charge in [-0.1, -0.05) is 127 Å². The van der Waals surface area contributed by atoms with Gasteiger partial charge in [0.05, 0.1) is 5.69 Å². The predicted octanol–water partition coefficient (Wildman–Crippen LogP) is 16.3.